The lowest BCUT2D eigenvalue weighted by Crippen LogP contribution is -2.18. The molecule has 0 spiro atoms. The topological polar surface area (TPSA) is 63.6 Å². The summed E-state index contributed by atoms with van der Waals surface area (Å²) in [6.45, 7) is 4.49. The molecular formula is C33H64O4. The Bertz CT molecular complexity index is 491. The van der Waals surface area contributed by atoms with Gasteiger partial charge in [-0.15, -0.1) is 0 Å². The Morgan fingerprint density at radius 2 is 0.811 bits per heavy atom. The van der Waals surface area contributed by atoms with E-state index in [0.29, 0.717) is 6.42 Å². The van der Waals surface area contributed by atoms with Gasteiger partial charge in [-0.2, -0.15) is 0 Å². The van der Waals surface area contributed by atoms with E-state index in [1.54, 1.807) is 0 Å². The van der Waals surface area contributed by atoms with Gasteiger partial charge < -0.3 is 9.84 Å². The van der Waals surface area contributed by atoms with Gasteiger partial charge in [-0.3, -0.25) is 9.59 Å². The average molecular weight is 525 g/mol. The van der Waals surface area contributed by atoms with Crippen molar-refractivity contribution in [3.63, 3.8) is 0 Å². The minimum Gasteiger partial charge on any atom is -0.481 e. The summed E-state index contributed by atoms with van der Waals surface area (Å²) in [7, 11) is 0. The molecule has 1 unspecified atom stereocenters. The molecule has 0 radical (unpaired) electrons. The predicted octanol–water partition coefficient (Wildman–Crippen LogP) is 10.9. The molecule has 220 valence electrons. The SMILES string of the molecule is CCCCCCCCCCCCCCCCC(CCCCCCCC(=O)O)OC(=O)CCCCCCC. The third kappa shape index (κ3) is 29.4. The number of hydrogen-bond donors (Lipinski definition) is 1. The molecule has 0 bridgehead atoms. The molecule has 0 aromatic heterocycles. The van der Waals surface area contributed by atoms with Gasteiger partial charge in [0.05, 0.1) is 0 Å². The molecule has 1 atom stereocenters. The minimum absolute atomic E-state index is 0.00618. The number of carbonyl (C=O) groups is 2. The highest BCUT2D eigenvalue weighted by atomic mass is 16.5. The Morgan fingerprint density at radius 1 is 0.486 bits per heavy atom. The molecule has 0 heterocycles. The Balaban J connectivity index is 3.94. The summed E-state index contributed by atoms with van der Waals surface area (Å²) < 4.78 is 5.91. The normalized spacial score (nSPS) is 12.1. The lowest BCUT2D eigenvalue weighted by Gasteiger charge is -2.18. The summed E-state index contributed by atoms with van der Waals surface area (Å²) in [6.07, 6.45) is 32.7. The van der Waals surface area contributed by atoms with Crippen molar-refractivity contribution < 1.29 is 19.4 Å². The zero-order chi connectivity index (χ0) is 27.2. The molecule has 37 heavy (non-hydrogen) atoms. The number of carboxylic acids is 1. The predicted molar refractivity (Wildman–Crippen MR) is 158 cm³/mol. The molecule has 0 aromatic rings. The zero-order valence-corrected chi connectivity index (χ0v) is 25.0. The van der Waals surface area contributed by atoms with Crippen LogP contribution in [0.15, 0.2) is 0 Å². The monoisotopic (exact) mass is 524 g/mol. The van der Waals surface area contributed by atoms with Crippen molar-refractivity contribution in [2.75, 3.05) is 0 Å². The Labute approximate surface area is 231 Å². The van der Waals surface area contributed by atoms with E-state index in [4.69, 9.17) is 9.84 Å². The first-order valence-electron chi connectivity index (χ1n) is 16.5. The minimum atomic E-state index is -0.699. The van der Waals surface area contributed by atoms with Crippen LogP contribution < -0.4 is 0 Å². The van der Waals surface area contributed by atoms with Gasteiger partial charge in [0.15, 0.2) is 0 Å². The molecule has 0 saturated carbocycles. The Kier molecular flexibility index (Phi) is 28.7. The summed E-state index contributed by atoms with van der Waals surface area (Å²) in [5.74, 6) is -0.705. The highest BCUT2D eigenvalue weighted by molar-refractivity contribution is 5.69. The number of rotatable bonds is 30. The van der Waals surface area contributed by atoms with Gasteiger partial charge in [0.2, 0.25) is 0 Å². The van der Waals surface area contributed by atoms with Gasteiger partial charge in [0.1, 0.15) is 6.10 Å². The van der Waals surface area contributed by atoms with E-state index in [1.807, 2.05) is 0 Å². The molecule has 0 fully saturated rings. The number of esters is 1. The summed E-state index contributed by atoms with van der Waals surface area (Å²) in [5, 5.41) is 8.75. The number of carbonyl (C=O) groups excluding carboxylic acids is 1. The molecule has 1 N–H and O–H groups in total. The van der Waals surface area contributed by atoms with E-state index in [2.05, 4.69) is 13.8 Å². The third-order valence-electron chi connectivity index (χ3n) is 7.58. The lowest BCUT2D eigenvalue weighted by molar-refractivity contribution is -0.150. The first-order valence-corrected chi connectivity index (χ1v) is 16.5. The molecule has 4 heteroatoms. The van der Waals surface area contributed by atoms with Gasteiger partial charge in [-0.05, 0) is 38.5 Å². The number of aliphatic carboxylic acids is 1. The number of hydrogen-bond acceptors (Lipinski definition) is 3. The highest BCUT2D eigenvalue weighted by Gasteiger charge is 2.14. The lowest BCUT2D eigenvalue weighted by atomic mass is 10.0. The maximum Gasteiger partial charge on any atom is 0.306 e. The first kappa shape index (κ1) is 35.9. The fraction of sp³-hybridized carbons (Fsp3) is 0.939. The van der Waals surface area contributed by atoms with E-state index < -0.39 is 5.97 Å². The molecule has 0 aromatic carbocycles. The van der Waals surface area contributed by atoms with Crippen LogP contribution in [-0.4, -0.2) is 23.1 Å². The van der Waals surface area contributed by atoms with E-state index in [-0.39, 0.29) is 18.5 Å². The highest BCUT2D eigenvalue weighted by Crippen LogP contribution is 2.19. The Morgan fingerprint density at radius 3 is 1.19 bits per heavy atom. The molecule has 0 aliphatic heterocycles. The molecule has 0 amide bonds. The van der Waals surface area contributed by atoms with E-state index in [0.717, 1.165) is 64.2 Å². The number of carboxylic acid groups (broad SMARTS) is 1. The third-order valence-corrected chi connectivity index (χ3v) is 7.58. The Hall–Kier alpha value is -1.06. The van der Waals surface area contributed by atoms with Gasteiger partial charge in [0.25, 0.3) is 0 Å². The van der Waals surface area contributed by atoms with E-state index in [9.17, 15) is 9.59 Å². The first-order chi connectivity index (χ1) is 18.1. The second kappa shape index (κ2) is 29.5. The van der Waals surface area contributed by atoms with Crippen LogP contribution in [0, 0.1) is 0 Å². The standard InChI is InChI=1S/C33H64O4/c1-3-5-7-9-10-11-12-13-14-15-16-17-20-23-27-31(28-24-21-18-22-25-29-32(34)35)37-33(36)30-26-19-8-6-4-2/h31H,3-30H2,1-2H3,(H,34,35). The molecule has 4 nitrogen and oxygen atoms in total. The van der Waals surface area contributed by atoms with E-state index >= 15 is 0 Å². The zero-order valence-electron chi connectivity index (χ0n) is 25.0. The van der Waals surface area contributed by atoms with Crippen LogP contribution in [0.4, 0.5) is 0 Å². The van der Waals surface area contributed by atoms with Crippen LogP contribution in [0.5, 0.6) is 0 Å². The van der Waals surface area contributed by atoms with Crippen LogP contribution in [0.1, 0.15) is 194 Å². The van der Waals surface area contributed by atoms with Crippen molar-refractivity contribution in [2.24, 2.45) is 0 Å². The van der Waals surface area contributed by atoms with Crippen LogP contribution >= 0.6 is 0 Å². The number of unbranched alkanes of at least 4 members (excludes halogenated alkanes) is 21. The maximum atomic E-state index is 12.4. The van der Waals surface area contributed by atoms with Crippen LogP contribution in [0.3, 0.4) is 0 Å². The van der Waals surface area contributed by atoms with Crippen molar-refractivity contribution in [1.82, 2.24) is 0 Å². The number of ether oxygens (including phenoxy) is 1. The summed E-state index contributed by atoms with van der Waals surface area (Å²) in [4.78, 5) is 23.0. The molecule has 0 aliphatic rings. The van der Waals surface area contributed by atoms with Gasteiger partial charge in [0, 0.05) is 12.8 Å². The fourth-order valence-electron chi connectivity index (χ4n) is 5.13. The van der Waals surface area contributed by atoms with Crippen LogP contribution in [0.25, 0.3) is 0 Å². The van der Waals surface area contributed by atoms with Gasteiger partial charge >= 0.3 is 11.9 Å². The largest absolute Gasteiger partial charge is 0.481 e. The smallest absolute Gasteiger partial charge is 0.306 e. The fourth-order valence-corrected chi connectivity index (χ4v) is 5.13. The maximum absolute atomic E-state index is 12.4. The van der Waals surface area contributed by atoms with Crippen LogP contribution in [-0.2, 0) is 14.3 Å². The van der Waals surface area contributed by atoms with Crippen molar-refractivity contribution in [3.8, 4) is 0 Å². The van der Waals surface area contributed by atoms with Gasteiger partial charge in [-0.1, -0.05) is 142 Å². The van der Waals surface area contributed by atoms with Crippen molar-refractivity contribution in [3.05, 3.63) is 0 Å². The second-order valence-corrected chi connectivity index (χ2v) is 11.4. The quantitative estimate of drug-likeness (QED) is 0.0749. The van der Waals surface area contributed by atoms with Crippen LogP contribution in [0.2, 0.25) is 0 Å². The summed E-state index contributed by atoms with van der Waals surface area (Å²) in [6, 6.07) is 0. The average Bonchev–Trinajstić information content (AvgIpc) is 2.87. The molecule has 0 saturated heterocycles. The summed E-state index contributed by atoms with van der Waals surface area (Å²) in [5.41, 5.74) is 0. The molecular weight excluding hydrogens is 460 g/mol. The van der Waals surface area contributed by atoms with Crippen molar-refractivity contribution >= 4 is 11.9 Å². The molecule has 0 aliphatic carbocycles. The molecule has 0 rings (SSSR count). The van der Waals surface area contributed by atoms with Crippen molar-refractivity contribution in [1.29, 1.82) is 0 Å². The van der Waals surface area contributed by atoms with Crippen molar-refractivity contribution in [2.45, 2.75) is 200 Å². The van der Waals surface area contributed by atoms with E-state index in [1.165, 1.54) is 103 Å². The second-order valence-electron chi connectivity index (χ2n) is 11.4. The van der Waals surface area contributed by atoms with Gasteiger partial charge in [-0.25, -0.2) is 0 Å². The summed E-state index contributed by atoms with van der Waals surface area (Å²) >= 11 is 0.